The van der Waals surface area contributed by atoms with Crippen molar-refractivity contribution in [2.75, 3.05) is 5.32 Å². The van der Waals surface area contributed by atoms with E-state index in [0.717, 1.165) is 24.9 Å². The van der Waals surface area contributed by atoms with Gasteiger partial charge in [-0.25, -0.2) is 0 Å². The standard InChI is InChI=1S/C13H22BNO3/c1-3-4-8-13(10(2)16)15-12-7-5-6-11(9-12)14(17)18/h5-7,9-10,13,15-18H,3-4,8H2,1-2H3. The first kappa shape index (κ1) is 15.0. The average molecular weight is 251 g/mol. The highest BCUT2D eigenvalue weighted by molar-refractivity contribution is 6.58. The van der Waals surface area contributed by atoms with Crippen molar-refractivity contribution < 1.29 is 15.2 Å². The average Bonchev–Trinajstić information content (AvgIpc) is 2.34. The van der Waals surface area contributed by atoms with Crippen LogP contribution in [0.1, 0.15) is 33.1 Å². The lowest BCUT2D eigenvalue weighted by molar-refractivity contribution is 0.166. The Morgan fingerprint density at radius 1 is 1.33 bits per heavy atom. The van der Waals surface area contributed by atoms with E-state index in [1.165, 1.54) is 0 Å². The molecule has 2 unspecified atom stereocenters. The van der Waals surface area contributed by atoms with Crippen molar-refractivity contribution in [3.05, 3.63) is 24.3 Å². The summed E-state index contributed by atoms with van der Waals surface area (Å²) in [5, 5.41) is 31.2. The zero-order chi connectivity index (χ0) is 13.5. The molecule has 1 rings (SSSR count). The molecule has 1 aromatic carbocycles. The largest absolute Gasteiger partial charge is 0.488 e. The van der Waals surface area contributed by atoms with E-state index in [0.29, 0.717) is 5.46 Å². The second-order valence-corrected chi connectivity index (χ2v) is 4.63. The summed E-state index contributed by atoms with van der Waals surface area (Å²) in [5.74, 6) is 0. The summed E-state index contributed by atoms with van der Waals surface area (Å²) in [5.41, 5.74) is 1.24. The number of nitrogens with one attached hydrogen (secondary N) is 1. The van der Waals surface area contributed by atoms with Crippen LogP contribution < -0.4 is 10.8 Å². The van der Waals surface area contributed by atoms with Gasteiger partial charge in [0.05, 0.1) is 12.1 Å². The third kappa shape index (κ3) is 4.68. The van der Waals surface area contributed by atoms with Crippen LogP contribution in [0.5, 0.6) is 0 Å². The lowest BCUT2D eigenvalue weighted by Crippen LogP contribution is -2.33. The monoisotopic (exact) mass is 251 g/mol. The molecule has 0 aliphatic heterocycles. The van der Waals surface area contributed by atoms with Crippen molar-refractivity contribution in [2.24, 2.45) is 0 Å². The van der Waals surface area contributed by atoms with E-state index >= 15 is 0 Å². The first-order chi connectivity index (χ1) is 8.54. The predicted molar refractivity (Wildman–Crippen MR) is 74.9 cm³/mol. The van der Waals surface area contributed by atoms with Crippen LogP contribution in [0.3, 0.4) is 0 Å². The number of benzene rings is 1. The maximum absolute atomic E-state index is 9.72. The molecule has 0 amide bonds. The highest BCUT2D eigenvalue weighted by Crippen LogP contribution is 2.13. The number of hydrogen-bond donors (Lipinski definition) is 4. The quantitative estimate of drug-likeness (QED) is 0.539. The van der Waals surface area contributed by atoms with Gasteiger partial charge in [0, 0.05) is 5.69 Å². The Hall–Kier alpha value is -1.04. The smallest absolute Gasteiger partial charge is 0.423 e. The van der Waals surface area contributed by atoms with Crippen molar-refractivity contribution >= 4 is 18.3 Å². The number of aliphatic hydroxyl groups is 1. The molecule has 0 aromatic heterocycles. The minimum absolute atomic E-state index is 0.0176. The van der Waals surface area contributed by atoms with Crippen LogP contribution in [0.2, 0.25) is 0 Å². The van der Waals surface area contributed by atoms with Crippen LogP contribution in [0.15, 0.2) is 24.3 Å². The third-order valence-electron chi connectivity index (χ3n) is 2.99. The Labute approximate surface area is 109 Å². The van der Waals surface area contributed by atoms with Gasteiger partial charge < -0.3 is 20.5 Å². The van der Waals surface area contributed by atoms with Gasteiger partial charge in [-0.3, -0.25) is 0 Å². The van der Waals surface area contributed by atoms with Gasteiger partial charge in [0.15, 0.2) is 0 Å². The fourth-order valence-electron chi connectivity index (χ4n) is 1.86. The molecule has 4 N–H and O–H groups in total. The molecule has 2 atom stereocenters. The molecule has 0 aliphatic carbocycles. The molecule has 0 heterocycles. The fourth-order valence-corrected chi connectivity index (χ4v) is 1.86. The van der Waals surface area contributed by atoms with E-state index in [-0.39, 0.29) is 6.04 Å². The molecule has 0 saturated carbocycles. The Morgan fingerprint density at radius 3 is 2.61 bits per heavy atom. The Balaban J connectivity index is 2.70. The molecule has 0 spiro atoms. The molecule has 1 aromatic rings. The molecule has 100 valence electrons. The summed E-state index contributed by atoms with van der Waals surface area (Å²) in [6, 6.07) is 6.94. The molecule has 4 nitrogen and oxygen atoms in total. The summed E-state index contributed by atoms with van der Waals surface area (Å²) >= 11 is 0. The van der Waals surface area contributed by atoms with Gasteiger partial charge in [0.1, 0.15) is 0 Å². The van der Waals surface area contributed by atoms with Crippen LogP contribution in [0, 0.1) is 0 Å². The van der Waals surface area contributed by atoms with E-state index in [1.54, 1.807) is 25.1 Å². The zero-order valence-corrected chi connectivity index (χ0v) is 11.0. The molecule has 18 heavy (non-hydrogen) atoms. The number of unbranched alkanes of at least 4 members (excludes halogenated alkanes) is 1. The van der Waals surface area contributed by atoms with Gasteiger partial charge >= 0.3 is 7.12 Å². The minimum Gasteiger partial charge on any atom is -0.423 e. The number of rotatable bonds is 7. The zero-order valence-electron chi connectivity index (χ0n) is 11.0. The number of aliphatic hydroxyl groups excluding tert-OH is 1. The Morgan fingerprint density at radius 2 is 2.06 bits per heavy atom. The van der Waals surface area contributed by atoms with E-state index < -0.39 is 13.2 Å². The third-order valence-corrected chi connectivity index (χ3v) is 2.99. The van der Waals surface area contributed by atoms with Crippen molar-refractivity contribution in [3.63, 3.8) is 0 Å². The molecule has 0 bridgehead atoms. The van der Waals surface area contributed by atoms with E-state index in [9.17, 15) is 5.11 Å². The molecule has 0 aliphatic rings. The molecule has 5 heteroatoms. The van der Waals surface area contributed by atoms with E-state index in [4.69, 9.17) is 10.0 Å². The highest BCUT2D eigenvalue weighted by atomic mass is 16.4. The number of hydrogen-bond acceptors (Lipinski definition) is 4. The van der Waals surface area contributed by atoms with Gasteiger partial charge in [0.25, 0.3) is 0 Å². The van der Waals surface area contributed by atoms with Crippen molar-refractivity contribution in [1.29, 1.82) is 0 Å². The molecule has 0 saturated heterocycles. The maximum Gasteiger partial charge on any atom is 0.488 e. The van der Waals surface area contributed by atoms with Crippen molar-refractivity contribution in [2.45, 2.75) is 45.3 Å². The minimum atomic E-state index is -1.47. The second-order valence-electron chi connectivity index (χ2n) is 4.63. The normalized spacial score (nSPS) is 14.1. The topological polar surface area (TPSA) is 72.7 Å². The molecular weight excluding hydrogens is 229 g/mol. The Bertz CT molecular complexity index is 358. The SMILES string of the molecule is CCCCC(Nc1cccc(B(O)O)c1)C(C)O. The number of anilines is 1. The molecule has 0 radical (unpaired) electrons. The van der Waals surface area contributed by atoms with Gasteiger partial charge in [0.2, 0.25) is 0 Å². The molecule has 0 fully saturated rings. The van der Waals surface area contributed by atoms with Gasteiger partial charge in [-0.15, -0.1) is 0 Å². The predicted octanol–water partition coefficient (Wildman–Crippen LogP) is 0.718. The van der Waals surface area contributed by atoms with E-state index in [2.05, 4.69) is 12.2 Å². The van der Waals surface area contributed by atoms with Crippen molar-refractivity contribution in [1.82, 2.24) is 0 Å². The second kappa shape index (κ2) is 7.41. The lowest BCUT2D eigenvalue weighted by atomic mass is 9.80. The lowest BCUT2D eigenvalue weighted by Gasteiger charge is -2.22. The van der Waals surface area contributed by atoms with Crippen LogP contribution in [-0.4, -0.2) is 34.4 Å². The van der Waals surface area contributed by atoms with Crippen molar-refractivity contribution in [3.8, 4) is 0 Å². The van der Waals surface area contributed by atoms with Gasteiger partial charge in [-0.1, -0.05) is 31.9 Å². The van der Waals surface area contributed by atoms with Crippen LogP contribution >= 0.6 is 0 Å². The Kier molecular flexibility index (Phi) is 6.19. The summed E-state index contributed by atoms with van der Waals surface area (Å²) < 4.78 is 0. The summed E-state index contributed by atoms with van der Waals surface area (Å²) in [6.07, 6.45) is 2.57. The molecular formula is C13H22BNO3. The first-order valence-corrected chi connectivity index (χ1v) is 6.45. The summed E-state index contributed by atoms with van der Waals surface area (Å²) in [7, 11) is -1.47. The fraction of sp³-hybridized carbons (Fsp3) is 0.538. The maximum atomic E-state index is 9.72. The first-order valence-electron chi connectivity index (χ1n) is 6.45. The van der Waals surface area contributed by atoms with Crippen LogP contribution in [0.4, 0.5) is 5.69 Å². The van der Waals surface area contributed by atoms with Gasteiger partial charge in [-0.05, 0) is 30.9 Å². The summed E-state index contributed by atoms with van der Waals surface area (Å²) in [4.78, 5) is 0. The summed E-state index contributed by atoms with van der Waals surface area (Å²) in [6.45, 7) is 3.87. The highest BCUT2D eigenvalue weighted by Gasteiger charge is 2.15. The van der Waals surface area contributed by atoms with E-state index in [1.807, 2.05) is 6.07 Å². The van der Waals surface area contributed by atoms with Crippen LogP contribution in [-0.2, 0) is 0 Å². The van der Waals surface area contributed by atoms with Gasteiger partial charge in [-0.2, -0.15) is 0 Å². The van der Waals surface area contributed by atoms with Crippen LogP contribution in [0.25, 0.3) is 0 Å².